The molecule has 27 heavy (non-hydrogen) atoms. The molecule has 5 heteroatoms. The lowest BCUT2D eigenvalue weighted by Crippen LogP contribution is -2.47. The monoisotopic (exact) mass is 385 g/mol. The molecule has 0 radical (unpaired) electrons. The summed E-state index contributed by atoms with van der Waals surface area (Å²) in [6.45, 7) is 9.87. The number of amides is 1. The Hall–Kier alpha value is -2.04. The molecule has 0 atom stereocenters. The fourth-order valence-electron chi connectivity index (χ4n) is 3.46. The molecule has 2 aromatic rings. The van der Waals surface area contributed by atoms with Crippen LogP contribution in [0, 0.1) is 13.8 Å². The van der Waals surface area contributed by atoms with Gasteiger partial charge in [0, 0.05) is 49.0 Å². The van der Waals surface area contributed by atoms with Crippen LogP contribution < -0.4 is 10.2 Å². The van der Waals surface area contributed by atoms with Crippen LogP contribution in [0.25, 0.3) is 0 Å². The Morgan fingerprint density at radius 2 is 1.74 bits per heavy atom. The number of rotatable bonds is 6. The third kappa shape index (κ3) is 5.47. The predicted molar refractivity (Wildman–Crippen MR) is 113 cm³/mol. The Labute approximate surface area is 167 Å². The summed E-state index contributed by atoms with van der Waals surface area (Å²) in [7, 11) is 0. The molecule has 0 saturated carbocycles. The zero-order valence-electron chi connectivity index (χ0n) is 16.2. The maximum absolute atomic E-state index is 12.4. The molecule has 0 unspecified atom stereocenters. The average molecular weight is 386 g/mol. The van der Waals surface area contributed by atoms with Crippen LogP contribution in [-0.4, -0.2) is 50.1 Å². The lowest BCUT2D eigenvalue weighted by molar-refractivity contribution is 0.0950. The molecule has 144 valence electrons. The summed E-state index contributed by atoms with van der Waals surface area (Å²) in [6, 6.07) is 14.1. The standard InChI is InChI=1S/C22H28ClN3O/c1-17-4-5-18(2)21(16-17)22(27)24-10-3-11-25-12-14-26(15-13-25)20-8-6-19(23)7-9-20/h4-9,16H,3,10-15H2,1-2H3,(H,24,27). The highest BCUT2D eigenvalue weighted by atomic mass is 35.5. The van der Waals surface area contributed by atoms with Crippen LogP contribution in [0.1, 0.15) is 27.9 Å². The minimum atomic E-state index is 0.0313. The van der Waals surface area contributed by atoms with E-state index in [2.05, 4.69) is 27.2 Å². The minimum absolute atomic E-state index is 0.0313. The number of hydrogen-bond acceptors (Lipinski definition) is 3. The van der Waals surface area contributed by atoms with Gasteiger partial charge in [-0.25, -0.2) is 0 Å². The van der Waals surface area contributed by atoms with Gasteiger partial charge in [0.15, 0.2) is 0 Å². The summed E-state index contributed by atoms with van der Waals surface area (Å²) in [5.74, 6) is 0.0313. The van der Waals surface area contributed by atoms with Gasteiger partial charge in [-0.1, -0.05) is 29.3 Å². The quantitative estimate of drug-likeness (QED) is 0.766. The van der Waals surface area contributed by atoms with Crippen molar-refractivity contribution < 1.29 is 4.79 Å². The van der Waals surface area contributed by atoms with Gasteiger partial charge in [0.25, 0.3) is 5.91 Å². The molecule has 1 heterocycles. The van der Waals surface area contributed by atoms with Crippen LogP contribution in [0.15, 0.2) is 42.5 Å². The molecule has 3 rings (SSSR count). The van der Waals surface area contributed by atoms with Crippen molar-refractivity contribution in [3.8, 4) is 0 Å². The van der Waals surface area contributed by atoms with Crippen LogP contribution in [0.3, 0.4) is 0 Å². The molecule has 4 nitrogen and oxygen atoms in total. The van der Waals surface area contributed by atoms with E-state index in [-0.39, 0.29) is 5.91 Å². The van der Waals surface area contributed by atoms with Crippen molar-refractivity contribution in [2.75, 3.05) is 44.2 Å². The minimum Gasteiger partial charge on any atom is -0.369 e. The highest BCUT2D eigenvalue weighted by Gasteiger charge is 2.17. The maximum Gasteiger partial charge on any atom is 0.251 e. The Kier molecular flexibility index (Phi) is 6.75. The molecular formula is C22H28ClN3O. The summed E-state index contributed by atoms with van der Waals surface area (Å²) in [6.07, 6.45) is 0.970. The predicted octanol–water partition coefficient (Wildman–Crippen LogP) is 3.90. The van der Waals surface area contributed by atoms with E-state index in [1.165, 1.54) is 5.69 Å². The fourth-order valence-corrected chi connectivity index (χ4v) is 3.59. The number of hydrogen-bond donors (Lipinski definition) is 1. The average Bonchev–Trinajstić information content (AvgIpc) is 2.68. The zero-order chi connectivity index (χ0) is 19.2. The third-order valence-corrected chi connectivity index (χ3v) is 5.39. The molecule has 1 aliphatic heterocycles. The van der Waals surface area contributed by atoms with Crippen LogP contribution in [0.2, 0.25) is 5.02 Å². The molecule has 2 aromatic carbocycles. The molecule has 0 aliphatic carbocycles. The molecule has 1 amide bonds. The first-order valence-electron chi connectivity index (χ1n) is 9.61. The van der Waals surface area contributed by atoms with Crippen molar-refractivity contribution in [2.24, 2.45) is 0 Å². The Morgan fingerprint density at radius 1 is 1.04 bits per heavy atom. The van der Waals surface area contributed by atoms with Crippen LogP contribution >= 0.6 is 11.6 Å². The number of anilines is 1. The number of carbonyl (C=O) groups is 1. The van der Waals surface area contributed by atoms with Gasteiger partial charge in [0.05, 0.1) is 0 Å². The Morgan fingerprint density at radius 3 is 2.44 bits per heavy atom. The van der Waals surface area contributed by atoms with E-state index in [1.807, 2.05) is 44.2 Å². The molecule has 0 spiro atoms. The molecule has 1 saturated heterocycles. The number of carbonyl (C=O) groups excluding carboxylic acids is 1. The van der Waals surface area contributed by atoms with E-state index in [1.54, 1.807) is 0 Å². The van der Waals surface area contributed by atoms with E-state index >= 15 is 0 Å². The SMILES string of the molecule is Cc1ccc(C)c(C(=O)NCCCN2CCN(c3ccc(Cl)cc3)CC2)c1. The lowest BCUT2D eigenvalue weighted by Gasteiger charge is -2.36. The first-order chi connectivity index (χ1) is 13.0. The van der Waals surface area contributed by atoms with Crippen molar-refractivity contribution >= 4 is 23.2 Å². The second-order valence-corrected chi connectivity index (χ2v) is 7.67. The Bertz CT molecular complexity index is 768. The number of halogens is 1. The van der Waals surface area contributed by atoms with Gasteiger partial charge in [-0.2, -0.15) is 0 Å². The molecule has 1 aliphatic rings. The van der Waals surface area contributed by atoms with Gasteiger partial charge in [-0.05, 0) is 62.7 Å². The highest BCUT2D eigenvalue weighted by molar-refractivity contribution is 6.30. The Balaban J connectivity index is 1.37. The van der Waals surface area contributed by atoms with E-state index in [9.17, 15) is 4.79 Å². The lowest BCUT2D eigenvalue weighted by atomic mass is 10.1. The normalized spacial score (nSPS) is 15.0. The number of benzene rings is 2. The smallest absolute Gasteiger partial charge is 0.251 e. The topological polar surface area (TPSA) is 35.6 Å². The third-order valence-electron chi connectivity index (χ3n) is 5.14. The first kappa shape index (κ1) is 19.7. The largest absolute Gasteiger partial charge is 0.369 e. The summed E-state index contributed by atoms with van der Waals surface area (Å²) >= 11 is 5.97. The summed E-state index contributed by atoms with van der Waals surface area (Å²) in [5, 5.41) is 3.84. The summed E-state index contributed by atoms with van der Waals surface area (Å²) in [5.41, 5.74) is 4.16. The molecule has 1 fully saturated rings. The van der Waals surface area contributed by atoms with Gasteiger partial charge in [0.2, 0.25) is 0 Å². The second kappa shape index (κ2) is 9.25. The van der Waals surface area contributed by atoms with Crippen molar-refractivity contribution in [3.05, 3.63) is 64.2 Å². The van der Waals surface area contributed by atoms with E-state index < -0.39 is 0 Å². The van der Waals surface area contributed by atoms with Gasteiger partial charge in [-0.3, -0.25) is 9.69 Å². The van der Waals surface area contributed by atoms with Crippen molar-refractivity contribution in [1.82, 2.24) is 10.2 Å². The van der Waals surface area contributed by atoms with Gasteiger partial charge < -0.3 is 10.2 Å². The summed E-state index contributed by atoms with van der Waals surface area (Å²) < 4.78 is 0. The first-order valence-corrected chi connectivity index (χ1v) is 9.99. The number of nitrogens with one attached hydrogen (secondary N) is 1. The van der Waals surface area contributed by atoms with Crippen molar-refractivity contribution in [3.63, 3.8) is 0 Å². The summed E-state index contributed by atoms with van der Waals surface area (Å²) in [4.78, 5) is 17.2. The van der Waals surface area contributed by atoms with Gasteiger partial charge in [0.1, 0.15) is 0 Å². The van der Waals surface area contributed by atoms with Crippen LogP contribution in [0.5, 0.6) is 0 Å². The van der Waals surface area contributed by atoms with Gasteiger partial charge >= 0.3 is 0 Å². The molecule has 0 bridgehead atoms. The van der Waals surface area contributed by atoms with E-state index in [0.717, 1.165) is 60.9 Å². The van der Waals surface area contributed by atoms with Crippen LogP contribution in [0.4, 0.5) is 5.69 Å². The van der Waals surface area contributed by atoms with Crippen molar-refractivity contribution in [1.29, 1.82) is 0 Å². The van der Waals surface area contributed by atoms with E-state index in [0.29, 0.717) is 6.54 Å². The highest BCUT2D eigenvalue weighted by Crippen LogP contribution is 2.19. The molecule has 1 N–H and O–H groups in total. The number of aryl methyl sites for hydroxylation is 2. The fraction of sp³-hybridized carbons (Fsp3) is 0.409. The van der Waals surface area contributed by atoms with Crippen molar-refractivity contribution in [2.45, 2.75) is 20.3 Å². The van der Waals surface area contributed by atoms with E-state index in [4.69, 9.17) is 11.6 Å². The second-order valence-electron chi connectivity index (χ2n) is 7.23. The molecule has 0 aromatic heterocycles. The molecular weight excluding hydrogens is 358 g/mol. The zero-order valence-corrected chi connectivity index (χ0v) is 16.9. The maximum atomic E-state index is 12.4. The van der Waals surface area contributed by atoms with Crippen LogP contribution in [-0.2, 0) is 0 Å². The number of nitrogens with zero attached hydrogens (tertiary/aromatic N) is 2. The number of piperazine rings is 1. The van der Waals surface area contributed by atoms with Gasteiger partial charge in [-0.15, -0.1) is 0 Å².